The number of hydrogen-bond donors (Lipinski definition) is 2. The molecule has 0 fully saturated rings. The number of ether oxygens (including phenoxy) is 1. The number of hydrogen-bond acceptors (Lipinski definition) is 3. The molecule has 0 aliphatic rings. The van der Waals surface area contributed by atoms with Crippen molar-refractivity contribution in [2.45, 2.75) is 33.3 Å². The highest BCUT2D eigenvalue weighted by Gasteiger charge is 2.19. The topological polar surface area (TPSA) is 49.7 Å². The number of aryl methyl sites for hydroxylation is 2. The van der Waals surface area contributed by atoms with Gasteiger partial charge < -0.3 is 14.8 Å². The number of rotatable bonds is 5. The van der Waals surface area contributed by atoms with Gasteiger partial charge in [0.15, 0.2) is 0 Å². The Balaban J connectivity index is 3.03. The van der Waals surface area contributed by atoms with Gasteiger partial charge in [-0.15, -0.1) is 6.58 Å². The van der Waals surface area contributed by atoms with Crippen molar-refractivity contribution < 1.29 is 14.8 Å². The molecule has 1 atom stereocenters. The molecule has 0 aromatic heterocycles. The molecule has 1 rings (SSSR count). The summed E-state index contributed by atoms with van der Waals surface area (Å²) in [5, 5.41) is 18.6. The van der Waals surface area contributed by atoms with Gasteiger partial charge in [0.2, 0.25) is 0 Å². The molecule has 0 saturated carbocycles. The molecule has 4 heteroatoms. The first-order valence-corrected chi connectivity index (χ1v) is 5.70. The van der Waals surface area contributed by atoms with Crippen LogP contribution < -0.4 is 10.2 Å². The highest BCUT2D eigenvalue weighted by Crippen LogP contribution is 2.17. The molecule has 0 amide bonds. The summed E-state index contributed by atoms with van der Waals surface area (Å²) in [5.41, 5.74) is 2.48. The van der Waals surface area contributed by atoms with Crippen LogP contribution in [0, 0.1) is 13.8 Å². The molecule has 1 unspecified atom stereocenters. The van der Waals surface area contributed by atoms with E-state index >= 15 is 0 Å². The Morgan fingerprint density at radius 3 is 2.47 bits per heavy atom. The molecule has 0 spiro atoms. The zero-order valence-electron chi connectivity index (χ0n) is 10.6. The van der Waals surface area contributed by atoms with E-state index in [9.17, 15) is 10.0 Å². The third-order valence-corrected chi connectivity index (χ3v) is 2.73. The summed E-state index contributed by atoms with van der Waals surface area (Å²) < 4.78 is 5.69. The van der Waals surface area contributed by atoms with Gasteiger partial charge in [-0.1, -0.05) is 12.1 Å². The fourth-order valence-electron chi connectivity index (χ4n) is 1.62. The van der Waals surface area contributed by atoms with Crippen LogP contribution in [0.25, 0.3) is 0 Å². The molecule has 0 heterocycles. The van der Waals surface area contributed by atoms with Crippen LogP contribution >= 0.6 is 0 Å². The molecule has 3 nitrogen and oxygen atoms in total. The summed E-state index contributed by atoms with van der Waals surface area (Å²) in [6.45, 7) is 9.47. The lowest BCUT2D eigenvalue weighted by atomic mass is 9.78. The summed E-state index contributed by atoms with van der Waals surface area (Å²) in [6.07, 6.45) is 2.46. The van der Waals surface area contributed by atoms with Gasteiger partial charge in [-0.2, -0.15) is 0 Å². The summed E-state index contributed by atoms with van der Waals surface area (Å²) >= 11 is 0. The van der Waals surface area contributed by atoms with Crippen molar-refractivity contribution >= 4 is 12.6 Å². The smallest absolute Gasteiger partial charge is 0.491 e. The molecular formula is C13H19BO3. The van der Waals surface area contributed by atoms with E-state index in [2.05, 4.69) is 6.58 Å². The lowest BCUT2D eigenvalue weighted by molar-refractivity contribution is 0.226. The SMILES string of the molecule is C=CCC(C)Oc1cc(C)c(C)cc1B(O)O. The second-order valence-corrected chi connectivity index (χ2v) is 4.30. The molecule has 1 aromatic rings. The van der Waals surface area contributed by atoms with Crippen LogP contribution in [0.15, 0.2) is 24.8 Å². The maximum atomic E-state index is 9.32. The predicted molar refractivity (Wildman–Crippen MR) is 70.6 cm³/mol. The van der Waals surface area contributed by atoms with Crippen molar-refractivity contribution in [1.29, 1.82) is 0 Å². The highest BCUT2D eigenvalue weighted by atomic mass is 16.5. The van der Waals surface area contributed by atoms with Crippen molar-refractivity contribution in [3.8, 4) is 5.75 Å². The minimum atomic E-state index is -1.51. The largest absolute Gasteiger partial charge is 0.492 e. The first-order valence-electron chi connectivity index (χ1n) is 5.70. The van der Waals surface area contributed by atoms with E-state index in [1.807, 2.05) is 26.8 Å². The first-order chi connectivity index (χ1) is 7.95. The van der Waals surface area contributed by atoms with E-state index in [4.69, 9.17) is 4.74 Å². The molecule has 0 bridgehead atoms. The Labute approximate surface area is 103 Å². The van der Waals surface area contributed by atoms with Crippen LogP contribution in [-0.4, -0.2) is 23.3 Å². The van der Waals surface area contributed by atoms with Crippen LogP contribution in [0.1, 0.15) is 24.5 Å². The average molecular weight is 234 g/mol. The standard InChI is InChI=1S/C13H19BO3/c1-5-6-11(4)17-13-8-10(3)9(2)7-12(13)14(15)16/h5,7-8,11,15-16H,1,6H2,2-4H3. The van der Waals surface area contributed by atoms with Gasteiger partial charge in [0.25, 0.3) is 0 Å². The van der Waals surface area contributed by atoms with Crippen LogP contribution in [0.5, 0.6) is 5.75 Å². The zero-order valence-corrected chi connectivity index (χ0v) is 10.6. The van der Waals surface area contributed by atoms with Crippen molar-refractivity contribution in [1.82, 2.24) is 0 Å². The van der Waals surface area contributed by atoms with E-state index in [0.717, 1.165) is 11.1 Å². The van der Waals surface area contributed by atoms with Gasteiger partial charge in [0, 0.05) is 11.9 Å². The minimum absolute atomic E-state index is 0.0351. The van der Waals surface area contributed by atoms with E-state index in [1.54, 1.807) is 12.1 Å². The van der Waals surface area contributed by atoms with E-state index in [1.165, 1.54) is 0 Å². The summed E-state index contributed by atoms with van der Waals surface area (Å²) in [7, 11) is -1.51. The minimum Gasteiger partial charge on any atom is -0.491 e. The van der Waals surface area contributed by atoms with Gasteiger partial charge in [-0.3, -0.25) is 0 Å². The molecule has 2 N–H and O–H groups in total. The van der Waals surface area contributed by atoms with Crippen LogP contribution in [-0.2, 0) is 0 Å². The summed E-state index contributed by atoms with van der Waals surface area (Å²) in [4.78, 5) is 0. The number of benzene rings is 1. The Hall–Kier alpha value is -1.26. The fraction of sp³-hybridized carbons (Fsp3) is 0.385. The second kappa shape index (κ2) is 5.89. The van der Waals surface area contributed by atoms with Gasteiger partial charge in [0.1, 0.15) is 5.75 Å². The summed E-state index contributed by atoms with van der Waals surface area (Å²) in [6, 6.07) is 3.58. The van der Waals surface area contributed by atoms with Crippen molar-refractivity contribution in [2.75, 3.05) is 0 Å². The highest BCUT2D eigenvalue weighted by molar-refractivity contribution is 6.59. The maximum Gasteiger partial charge on any atom is 0.492 e. The molecular weight excluding hydrogens is 215 g/mol. The summed E-state index contributed by atoms with van der Waals surface area (Å²) in [5.74, 6) is 0.525. The Morgan fingerprint density at radius 1 is 1.35 bits per heavy atom. The Bertz CT molecular complexity index is 402. The van der Waals surface area contributed by atoms with Crippen LogP contribution in [0.4, 0.5) is 0 Å². The normalized spacial score (nSPS) is 12.1. The van der Waals surface area contributed by atoms with E-state index in [-0.39, 0.29) is 6.10 Å². The first kappa shape index (κ1) is 13.8. The average Bonchev–Trinajstić information content (AvgIpc) is 2.23. The second-order valence-electron chi connectivity index (χ2n) is 4.30. The monoisotopic (exact) mass is 234 g/mol. The fourth-order valence-corrected chi connectivity index (χ4v) is 1.62. The Kier molecular flexibility index (Phi) is 4.79. The molecule has 0 aliphatic heterocycles. The molecule has 0 radical (unpaired) electrons. The van der Waals surface area contributed by atoms with Crippen molar-refractivity contribution in [2.24, 2.45) is 0 Å². The van der Waals surface area contributed by atoms with E-state index < -0.39 is 7.12 Å². The van der Waals surface area contributed by atoms with Gasteiger partial charge in [0.05, 0.1) is 6.10 Å². The van der Waals surface area contributed by atoms with E-state index in [0.29, 0.717) is 17.6 Å². The third kappa shape index (κ3) is 3.61. The van der Waals surface area contributed by atoms with Crippen molar-refractivity contribution in [3.63, 3.8) is 0 Å². The van der Waals surface area contributed by atoms with Crippen molar-refractivity contribution in [3.05, 3.63) is 35.9 Å². The van der Waals surface area contributed by atoms with Gasteiger partial charge in [-0.25, -0.2) is 0 Å². The maximum absolute atomic E-state index is 9.32. The predicted octanol–water partition coefficient (Wildman–Crippen LogP) is 1.33. The molecule has 0 saturated heterocycles. The lowest BCUT2D eigenvalue weighted by Crippen LogP contribution is -2.33. The van der Waals surface area contributed by atoms with Gasteiger partial charge >= 0.3 is 7.12 Å². The lowest BCUT2D eigenvalue weighted by Gasteiger charge is -2.17. The van der Waals surface area contributed by atoms with Crippen LogP contribution in [0.2, 0.25) is 0 Å². The zero-order chi connectivity index (χ0) is 13.0. The molecule has 1 aromatic carbocycles. The molecule has 92 valence electrons. The Morgan fingerprint density at radius 2 is 1.94 bits per heavy atom. The quantitative estimate of drug-likeness (QED) is 0.596. The van der Waals surface area contributed by atoms with Crippen LogP contribution in [0.3, 0.4) is 0 Å². The molecule has 0 aliphatic carbocycles. The van der Waals surface area contributed by atoms with Gasteiger partial charge in [-0.05, 0) is 38.0 Å². The molecule has 17 heavy (non-hydrogen) atoms. The third-order valence-electron chi connectivity index (χ3n) is 2.73.